The summed E-state index contributed by atoms with van der Waals surface area (Å²) in [6.45, 7) is 0. The van der Waals surface area contributed by atoms with Crippen LogP contribution in [0.1, 0.15) is 10.6 Å². The third kappa shape index (κ3) is 2.62. The van der Waals surface area contributed by atoms with Crippen LogP contribution in [0.3, 0.4) is 0 Å². The van der Waals surface area contributed by atoms with Gasteiger partial charge in [0.05, 0.1) is 11.4 Å². The zero-order valence-corrected chi connectivity index (χ0v) is 10.2. The van der Waals surface area contributed by atoms with Crippen LogP contribution in [-0.2, 0) is 12.1 Å². The van der Waals surface area contributed by atoms with Crippen LogP contribution in [0.5, 0.6) is 0 Å². The number of alkyl halides is 4. The van der Waals surface area contributed by atoms with Gasteiger partial charge in [0.15, 0.2) is 0 Å². The molecular formula is C10H5ClF4N2S. The SMILES string of the molecule is Fc1ccc(-c2nnc(CCl)s2)cc1C(F)(F)F. The van der Waals surface area contributed by atoms with Crippen LogP contribution in [0, 0.1) is 5.82 Å². The van der Waals surface area contributed by atoms with Gasteiger partial charge in [-0.15, -0.1) is 21.8 Å². The van der Waals surface area contributed by atoms with Crippen molar-refractivity contribution in [1.29, 1.82) is 0 Å². The normalized spacial score (nSPS) is 11.8. The lowest BCUT2D eigenvalue weighted by atomic mass is 10.1. The first kappa shape index (κ1) is 13.2. The van der Waals surface area contributed by atoms with Gasteiger partial charge in [0.2, 0.25) is 0 Å². The molecule has 0 aliphatic carbocycles. The van der Waals surface area contributed by atoms with Crippen LogP contribution < -0.4 is 0 Å². The second-order valence-electron chi connectivity index (χ2n) is 3.33. The van der Waals surface area contributed by atoms with E-state index < -0.39 is 17.6 Å². The maximum absolute atomic E-state index is 13.1. The minimum absolute atomic E-state index is 0.130. The number of aromatic nitrogens is 2. The van der Waals surface area contributed by atoms with Gasteiger partial charge in [0.25, 0.3) is 0 Å². The molecule has 18 heavy (non-hydrogen) atoms. The van der Waals surface area contributed by atoms with Crippen molar-refractivity contribution in [2.45, 2.75) is 12.1 Å². The second-order valence-corrected chi connectivity index (χ2v) is 4.66. The molecule has 2 nitrogen and oxygen atoms in total. The molecule has 1 aromatic heterocycles. The van der Waals surface area contributed by atoms with Crippen molar-refractivity contribution in [2.24, 2.45) is 0 Å². The lowest BCUT2D eigenvalue weighted by Gasteiger charge is -2.08. The summed E-state index contributed by atoms with van der Waals surface area (Å²) in [7, 11) is 0. The van der Waals surface area contributed by atoms with Crippen molar-refractivity contribution in [1.82, 2.24) is 10.2 Å². The predicted octanol–water partition coefficient (Wildman–Crippen LogP) is 4.10. The number of hydrogen-bond acceptors (Lipinski definition) is 3. The van der Waals surface area contributed by atoms with E-state index in [2.05, 4.69) is 10.2 Å². The molecule has 0 fully saturated rings. The molecule has 0 saturated heterocycles. The average Bonchev–Trinajstić information content (AvgIpc) is 2.76. The molecule has 0 unspecified atom stereocenters. The molecule has 0 amide bonds. The molecular weight excluding hydrogens is 292 g/mol. The summed E-state index contributed by atoms with van der Waals surface area (Å²) in [4.78, 5) is 0. The van der Waals surface area contributed by atoms with Crippen LogP contribution in [0.25, 0.3) is 10.6 Å². The van der Waals surface area contributed by atoms with E-state index in [0.717, 1.165) is 17.4 Å². The van der Waals surface area contributed by atoms with Gasteiger partial charge in [-0.3, -0.25) is 0 Å². The van der Waals surface area contributed by atoms with Crippen molar-refractivity contribution in [3.8, 4) is 10.6 Å². The maximum Gasteiger partial charge on any atom is 0.419 e. The van der Waals surface area contributed by atoms with E-state index in [1.165, 1.54) is 6.07 Å². The summed E-state index contributed by atoms with van der Waals surface area (Å²) >= 11 is 6.59. The molecule has 0 radical (unpaired) electrons. The summed E-state index contributed by atoms with van der Waals surface area (Å²) in [5, 5.41) is 8.16. The Bertz CT molecular complexity index is 567. The van der Waals surface area contributed by atoms with Crippen LogP contribution in [0.4, 0.5) is 17.6 Å². The zero-order chi connectivity index (χ0) is 13.3. The summed E-state index contributed by atoms with van der Waals surface area (Å²) in [6.07, 6.45) is -4.74. The fourth-order valence-electron chi connectivity index (χ4n) is 1.30. The summed E-state index contributed by atoms with van der Waals surface area (Å²) in [6, 6.07) is 2.71. The van der Waals surface area contributed by atoms with E-state index in [1.54, 1.807) is 0 Å². The fraction of sp³-hybridized carbons (Fsp3) is 0.200. The number of nitrogens with zero attached hydrogens (tertiary/aromatic N) is 2. The van der Waals surface area contributed by atoms with E-state index >= 15 is 0 Å². The van der Waals surface area contributed by atoms with E-state index in [4.69, 9.17) is 11.6 Å². The van der Waals surface area contributed by atoms with Crippen molar-refractivity contribution in [3.05, 3.63) is 34.6 Å². The minimum Gasteiger partial charge on any atom is -0.206 e. The number of benzene rings is 1. The Morgan fingerprint density at radius 3 is 2.50 bits per heavy atom. The lowest BCUT2D eigenvalue weighted by Crippen LogP contribution is -2.08. The van der Waals surface area contributed by atoms with Gasteiger partial charge in [-0.25, -0.2) is 4.39 Å². The summed E-state index contributed by atoms with van der Waals surface area (Å²) < 4.78 is 50.6. The fourth-order valence-corrected chi connectivity index (χ4v) is 2.20. The van der Waals surface area contributed by atoms with Gasteiger partial charge in [0.1, 0.15) is 15.8 Å². The molecule has 0 spiro atoms. The Balaban J connectivity index is 2.47. The molecule has 1 heterocycles. The van der Waals surface area contributed by atoms with Crippen molar-refractivity contribution >= 4 is 22.9 Å². The first-order valence-corrected chi connectivity index (χ1v) is 6.02. The Hall–Kier alpha value is -1.21. The monoisotopic (exact) mass is 296 g/mol. The summed E-state index contributed by atoms with van der Waals surface area (Å²) in [5.74, 6) is -1.18. The molecule has 0 aliphatic rings. The van der Waals surface area contributed by atoms with Gasteiger partial charge in [-0.2, -0.15) is 13.2 Å². The Kier molecular flexibility index (Phi) is 3.54. The Labute approximate surface area is 108 Å². The van der Waals surface area contributed by atoms with Crippen LogP contribution >= 0.6 is 22.9 Å². The molecule has 0 aliphatic heterocycles. The molecule has 0 bridgehead atoms. The van der Waals surface area contributed by atoms with Crippen LogP contribution in [0.2, 0.25) is 0 Å². The van der Waals surface area contributed by atoms with Gasteiger partial charge >= 0.3 is 6.18 Å². The first-order valence-electron chi connectivity index (χ1n) is 4.67. The van der Waals surface area contributed by atoms with Crippen molar-refractivity contribution < 1.29 is 17.6 Å². The molecule has 8 heteroatoms. The standard InChI is InChI=1S/C10H5ClF4N2S/c11-4-8-16-17-9(18-8)5-1-2-7(12)6(3-5)10(13,14)15/h1-3H,4H2. The number of rotatable bonds is 2. The molecule has 96 valence electrons. The van der Waals surface area contributed by atoms with E-state index in [0.29, 0.717) is 11.1 Å². The predicted molar refractivity (Wildman–Crippen MR) is 59.9 cm³/mol. The van der Waals surface area contributed by atoms with Crippen LogP contribution in [0.15, 0.2) is 18.2 Å². The second kappa shape index (κ2) is 4.81. The summed E-state index contributed by atoms with van der Waals surface area (Å²) in [5.41, 5.74) is -1.15. The van der Waals surface area contributed by atoms with E-state index in [1.807, 2.05) is 0 Å². The number of hydrogen-bond donors (Lipinski definition) is 0. The third-order valence-electron chi connectivity index (χ3n) is 2.10. The van der Waals surface area contributed by atoms with Gasteiger partial charge in [0, 0.05) is 5.56 Å². The maximum atomic E-state index is 13.1. The van der Waals surface area contributed by atoms with Crippen molar-refractivity contribution in [3.63, 3.8) is 0 Å². The van der Waals surface area contributed by atoms with Crippen molar-refractivity contribution in [2.75, 3.05) is 0 Å². The van der Waals surface area contributed by atoms with Gasteiger partial charge in [-0.1, -0.05) is 11.3 Å². The van der Waals surface area contributed by atoms with Gasteiger partial charge in [-0.05, 0) is 18.2 Å². The quantitative estimate of drug-likeness (QED) is 0.616. The Morgan fingerprint density at radius 1 is 1.22 bits per heavy atom. The smallest absolute Gasteiger partial charge is 0.206 e. The molecule has 2 rings (SSSR count). The lowest BCUT2D eigenvalue weighted by molar-refractivity contribution is -0.139. The highest BCUT2D eigenvalue weighted by Gasteiger charge is 2.34. The number of halogens is 5. The average molecular weight is 297 g/mol. The largest absolute Gasteiger partial charge is 0.419 e. The highest BCUT2D eigenvalue weighted by molar-refractivity contribution is 7.14. The highest BCUT2D eigenvalue weighted by atomic mass is 35.5. The first-order chi connectivity index (χ1) is 8.41. The van der Waals surface area contributed by atoms with Gasteiger partial charge < -0.3 is 0 Å². The third-order valence-corrected chi connectivity index (χ3v) is 3.48. The highest BCUT2D eigenvalue weighted by Crippen LogP contribution is 2.34. The van der Waals surface area contributed by atoms with E-state index in [-0.39, 0.29) is 16.5 Å². The molecule has 2 aromatic rings. The molecule has 0 atom stereocenters. The zero-order valence-electron chi connectivity index (χ0n) is 8.63. The molecule has 0 saturated carbocycles. The molecule has 1 aromatic carbocycles. The van der Waals surface area contributed by atoms with Crippen LogP contribution in [-0.4, -0.2) is 10.2 Å². The minimum atomic E-state index is -4.74. The topological polar surface area (TPSA) is 25.8 Å². The molecule has 0 N–H and O–H groups in total. The Morgan fingerprint density at radius 2 is 1.94 bits per heavy atom. The van der Waals surface area contributed by atoms with E-state index in [9.17, 15) is 17.6 Å².